The second-order valence-corrected chi connectivity index (χ2v) is 10.0. The molecule has 1 aliphatic carbocycles. The van der Waals surface area contributed by atoms with Crippen LogP contribution >= 0.6 is 0 Å². The fourth-order valence-corrected chi connectivity index (χ4v) is 5.19. The van der Waals surface area contributed by atoms with E-state index in [9.17, 15) is 17.2 Å². The number of nitrogens with zero attached hydrogens (tertiary/aromatic N) is 1. The first kappa shape index (κ1) is 25.2. The fraction of sp³-hybridized carbons (Fsp3) is 0.200. The van der Waals surface area contributed by atoms with E-state index in [4.69, 9.17) is 11.1 Å². The summed E-state index contributed by atoms with van der Waals surface area (Å²) < 4.78 is 70.4. The van der Waals surface area contributed by atoms with Crippen molar-refractivity contribution in [3.8, 4) is 0 Å². The van der Waals surface area contributed by atoms with E-state index < -0.39 is 38.1 Å². The summed E-state index contributed by atoms with van der Waals surface area (Å²) in [4.78, 5) is 3.00. The number of halogens is 3. The number of nitrogens with one attached hydrogen (secondary N) is 3. The Balaban J connectivity index is 1.70. The van der Waals surface area contributed by atoms with E-state index in [0.29, 0.717) is 23.3 Å². The Bertz CT molecular complexity index is 1440. The molecular weight excluding hydrogens is 491 g/mol. The third-order valence-electron chi connectivity index (χ3n) is 5.88. The van der Waals surface area contributed by atoms with Gasteiger partial charge in [-0.15, -0.1) is 0 Å². The molecule has 0 atom stereocenters. The third-order valence-corrected chi connectivity index (χ3v) is 7.26. The number of nitrogens with two attached hydrogens (primary N) is 1. The van der Waals surface area contributed by atoms with Crippen molar-refractivity contribution in [2.75, 3.05) is 10.5 Å². The number of hydrogen-bond acceptors (Lipinski definition) is 6. The Hall–Kier alpha value is -3.86. The highest BCUT2D eigenvalue weighted by Crippen LogP contribution is 2.28. The van der Waals surface area contributed by atoms with Crippen LogP contribution in [0.5, 0.6) is 0 Å². The molecular formula is C25H24F3N5O2S. The number of rotatable bonds is 8. The van der Waals surface area contributed by atoms with Gasteiger partial charge in [-0.05, 0) is 60.9 Å². The van der Waals surface area contributed by atoms with Gasteiger partial charge in [-0.3, -0.25) is 10.1 Å². The van der Waals surface area contributed by atoms with Crippen LogP contribution in [0.1, 0.15) is 36.8 Å². The van der Waals surface area contributed by atoms with E-state index in [2.05, 4.69) is 10.3 Å². The average molecular weight is 516 g/mol. The number of nitrogen functional groups attached to an aromatic ring is 1. The molecule has 11 heteroatoms. The standard InChI is InChI=1S/C25H24F3N5O2S/c26-16-8-9-20(27)22(13-16)36(34,35)33-21-7-3-6-18(24(21)28)25(30)19(14-32-17-4-1-2-5-17)15-10-11-31-23(29)12-15/h3,6-14,17,30,32-33H,1-2,4-5H2,(H2,29,31)/b19-14-,30-25?. The zero-order valence-electron chi connectivity index (χ0n) is 19.1. The fourth-order valence-electron chi connectivity index (χ4n) is 4.04. The molecule has 0 amide bonds. The van der Waals surface area contributed by atoms with Crippen LogP contribution in [-0.4, -0.2) is 25.2 Å². The van der Waals surface area contributed by atoms with Crippen molar-refractivity contribution in [1.29, 1.82) is 5.41 Å². The molecule has 0 radical (unpaired) electrons. The normalized spacial score (nSPS) is 14.6. The number of anilines is 2. The molecule has 3 aromatic rings. The smallest absolute Gasteiger partial charge is 0.265 e. The molecule has 1 fully saturated rings. The van der Waals surface area contributed by atoms with Crippen LogP contribution in [0.15, 0.2) is 65.8 Å². The van der Waals surface area contributed by atoms with E-state index in [-0.39, 0.29) is 23.1 Å². The summed E-state index contributed by atoms with van der Waals surface area (Å²) in [5.41, 5.74) is 5.71. The minimum atomic E-state index is -4.66. The third kappa shape index (κ3) is 5.51. The molecule has 0 saturated heterocycles. The number of pyridine rings is 1. The van der Waals surface area contributed by atoms with Gasteiger partial charge in [0.2, 0.25) is 0 Å². The van der Waals surface area contributed by atoms with E-state index in [0.717, 1.165) is 37.8 Å². The molecule has 1 heterocycles. The van der Waals surface area contributed by atoms with E-state index in [1.165, 1.54) is 18.3 Å². The molecule has 0 unspecified atom stereocenters. The monoisotopic (exact) mass is 515 g/mol. The summed E-state index contributed by atoms with van der Waals surface area (Å²) in [5, 5.41) is 12.0. The van der Waals surface area contributed by atoms with Crippen LogP contribution in [-0.2, 0) is 10.0 Å². The van der Waals surface area contributed by atoms with Crippen molar-refractivity contribution in [1.82, 2.24) is 10.3 Å². The van der Waals surface area contributed by atoms with Crippen LogP contribution < -0.4 is 15.8 Å². The SMILES string of the molecule is N=C(/C(=C\NC1CCCC1)c1ccnc(N)c1)c1cccc(NS(=O)(=O)c2cc(F)ccc2F)c1F. The lowest BCUT2D eigenvalue weighted by molar-refractivity contribution is 0.555. The summed E-state index contributed by atoms with van der Waals surface area (Å²) in [6.45, 7) is 0. The molecule has 5 N–H and O–H groups in total. The molecule has 1 aliphatic rings. The molecule has 0 aliphatic heterocycles. The van der Waals surface area contributed by atoms with Crippen molar-refractivity contribution >= 4 is 32.8 Å². The largest absolute Gasteiger partial charge is 0.388 e. The Morgan fingerprint density at radius 3 is 2.56 bits per heavy atom. The summed E-state index contributed by atoms with van der Waals surface area (Å²) in [5.74, 6) is -2.98. The maximum atomic E-state index is 15.5. The van der Waals surface area contributed by atoms with Gasteiger partial charge >= 0.3 is 0 Å². The van der Waals surface area contributed by atoms with Gasteiger partial charge in [0.15, 0.2) is 5.82 Å². The van der Waals surface area contributed by atoms with E-state index in [1.807, 2.05) is 4.72 Å². The predicted molar refractivity (Wildman–Crippen MR) is 132 cm³/mol. The van der Waals surface area contributed by atoms with Gasteiger partial charge in [0.25, 0.3) is 10.0 Å². The average Bonchev–Trinajstić information content (AvgIpc) is 3.35. The molecule has 7 nitrogen and oxygen atoms in total. The minimum absolute atomic E-state index is 0.204. The highest BCUT2D eigenvalue weighted by Gasteiger charge is 2.24. The van der Waals surface area contributed by atoms with Crippen LogP contribution in [0.2, 0.25) is 0 Å². The lowest BCUT2D eigenvalue weighted by Crippen LogP contribution is -2.22. The van der Waals surface area contributed by atoms with Crippen LogP contribution in [0, 0.1) is 22.9 Å². The number of benzene rings is 2. The van der Waals surface area contributed by atoms with Gasteiger partial charge in [0.05, 0.1) is 11.4 Å². The Morgan fingerprint density at radius 2 is 1.83 bits per heavy atom. The zero-order chi connectivity index (χ0) is 25.9. The molecule has 0 bridgehead atoms. The molecule has 0 spiro atoms. The minimum Gasteiger partial charge on any atom is -0.388 e. The van der Waals surface area contributed by atoms with Gasteiger partial charge in [-0.1, -0.05) is 18.9 Å². The number of allylic oxidation sites excluding steroid dienone is 1. The van der Waals surface area contributed by atoms with Gasteiger partial charge in [-0.25, -0.2) is 26.6 Å². The van der Waals surface area contributed by atoms with Gasteiger partial charge in [0.1, 0.15) is 22.3 Å². The van der Waals surface area contributed by atoms with Crippen molar-refractivity contribution in [2.24, 2.45) is 0 Å². The van der Waals surface area contributed by atoms with E-state index >= 15 is 4.39 Å². The lowest BCUT2D eigenvalue weighted by Gasteiger charge is -2.16. The number of sulfonamides is 1. The van der Waals surface area contributed by atoms with E-state index in [1.54, 1.807) is 18.3 Å². The lowest BCUT2D eigenvalue weighted by atomic mass is 9.96. The van der Waals surface area contributed by atoms with Gasteiger partial charge in [-0.2, -0.15) is 0 Å². The summed E-state index contributed by atoms with van der Waals surface area (Å²) >= 11 is 0. The molecule has 2 aromatic carbocycles. The van der Waals surface area contributed by atoms with Crippen molar-refractivity contribution in [3.63, 3.8) is 0 Å². The highest BCUT2D eigenvalue weighted by molar-refractivity contribution is 7.92. The molecule has 188 valence electrons. The second-order valence-electron chi connectivity index (χ2n) is 8.40. The van der Waals surface area contributed by atoms with Gasteiger partial charge < -0.3 is 11.1 Å². The first-order valence-electron chi connectivity index (χ1n) is 11.2. The highest BCUT2D eigenvalue weighted by atomic mass is 32.2. The topological polar surface area (TPSA) is 121 Å². The Morgan fingerprint density at radius 1 is 1.08 bits per heavy atom. The maximum Gasteiger partial charge on any atom is 0.265 e. The Labute approximate surface area is 206 Å². The molecule has 36 heavy (non-hydrogen) atoms. The summed E-state index contributed by atoms with van der Waals surface area (Å²) in [6.07, 6.45) is 7.21. The van der Waals surface area contributed by atoms with Crippen LogP contribution in [0.4, 0.5) is 24.7 Å². The predicted octanol–water partition coefficient (Wildman–Crippen LogP) is 4.82. The summed E-state index contributed by atoms with van der Waals surface area (Å²) in [6, 6.07) is 9.16. The van der Waals surface area contributed by atoms with Gasteiger partial charge in [0, 0.05) is 29.6 Å². The molecule has 4 rings (SSSR count). The first-order chi connectivity index (χ1) is 17.2. The zero-order valence-corrected chi connectivity index (χ0v) is 19.9. The summed E-state index contributed by atoms with van der Waals surface area (Å²) in [7, 11) is -4.66. The number of aromatic nitrogens is 1. The van der Waals surface area contributed by atoms with Crippen molar-refractivity contribution in [3.05, 3.63) is 89.5 Å². The maximum absolute atomic E-state index is 15.5. The Kier molecular flexibility index (Phi) is 7.30. The van der Waals surface area contributed by atoms with Crippen LogP contribution in [0.3, 0.4) is 0 Å². The van der Waals surface area contributed by atoms with Crippen molar-refractivity contribution < 1.29 is 21.6 Å². The molecule has 1 aromatic heterocycles. The first-order valence-corrected chi connectivity index (χ1v) is 12.7. The van der Waals surface area contributed by atoms with Crippen molar-refractivity contribution in [2.45, 2.75) is 36.6 Å². The quantitative estimate of drug-likeness (QED) is 0.321. The van der Waals surface area contributed by atoms with Crippen LogP contribution in [0.25, 0.3) is 5.57 Å². The second kappa shape index (κ2) is 10.4. The number of hydrogen-bond donors (Lipinski definition) is 4. The molecule has 1 saturated carbocycles.